The minimum atomic E-state index is -0.828. The van der Waals surface area contributed by atoms with E-state index in [2.05, 4.69) is 10.5 Å². The summed E-state index contributed by atoms with van der Waals surface area (Å²) >= 11 is 0. The number of amides is 1. The Labute approximate surface area is 165 Å². The van der Waals surface area contributed by atoms with Crippen molar-refractivity contribution in [2.75, 3.05) is 0 Å². The zero-order valence-electron chi connectivity index (χ0n) is 15.1. The number of hydrazone groups is 1. The van der Waals surface area contributed by atoms with Gasteiger partial charge in [-0.05, 0) is 23.8 Å². The van der Waals surface area contributed by atoms with Gasteiger partial charge in [-0.15, -0.1) is 0 Å². The molecule has 3 aromatic rings. The Bertz CT molecular complexity index is 1070. The average Bonchev–Trinajstić information content (AvgIpc) is 2.74. The fourth-order valence-electron chi connectivity index (χ4n) is 2.68. The van der Waals surface area contributed by atoms with Gasteiger partial charge in [0.1, 0.15) is 0 Å². The van der Waals surface area contributed by atoms with E-state index in [-0.39, 0.29) is 17.7 Å². The highest BCUT2D eigenvalue weighted by Crippen LogP contribution is 2.36. The van der Waals surface area contributed by atoms with Crippen LogP contribution in [-0.4, -0.2) is 26.8 Å². The number of nitrogens with zero attached hydrogens (tertiary/aromatic N) is 2. The lowest BCUT2D eigenvalue weighted by Crippen LogP contribution is -2.21. The molecule has 0 spiro atoms. The van der Waals surface area contributed by atoms with Crippen molar-refractivity contribution in [2.45, 2.75) is 6.42 Å². The largest absolute Gasteiger partial charge is 0.504 e. The van der Waals surface area contributed by atoms with Crippen LogP contribution in [0.4, 0.5) is 5.69 Å². The van der Waals surface area contributed by atoms with Crippen molar-refractivity contribution in [2.24, 2.45) is 5.10 Å². The van der Waals surface area contributed by atoms with E-state index in [9.17, 15) is 25.1 Å². The molecule has 0 unspecified atom stereocenters. The Hall–Kier alpha value is -4.20. The first kappa shape index (κ1) is 19.6. The van der Waals surface area contributed by atoms with Gasteiger partial charge in [0.05, 0.1) is 10.6 Å². The van der Waals surface area contributed by atoms with Gasteiger partial charge in [-0.3, -0.25) is 14.9 Å². The summed E-state index contributed by atoms with van der Waals surface area (Å²) in [7, 11) is 0. The Morgan fingerprint density at radius 3 is 2.21 bits per heavy atom. The highest BCUT2D eigenvalue weighted by Gasteiger charge is 2.21. The molecule has 0 aromatic heterocycles. The highest BCUT2D eigenvalue weighted by atomic mass is 16.6. The summed E-state index contributed by atoms with van der Waals surface area (Å²) in [5.74, 6) is -1.93. The van der Waals surface area contributed by atoms with Gasteiger partial charge in [-0.2, -0.15) is 5.10 Å². The van der Waals surface area contributed by atoms with Crippen LogP contribution in [0.5, 0.6) is 11.5 Å². The molecule has 0 atom stereocenters. The topological polar surface area (TPSA) is 125 Å². The van der Waals surface area contributed by atoms with Crippen LogP contribution in [0, 0.1) is 10.1 Å². The molecule has 0 fully saturated rings. The van der Waals surface area contributed by atoms with Crippen LogP contribution in [0.1, 0.15) is 21.5 Å². The number of aromatic hydroxyl groups is 2. The number of hydrogen-bond acceptors (Lipinski definition) is 6. The number of nitrogens with one attached hydrogen (secondary N) is 1. The molecule has 0 saturated heterocycles. The fourth-order valence-corrected chi connectivity index (χ4v) is 2.68. The number of phenols is 2. The van der Waals surface area contributed by atoms with Crippen LogP contribution in [-0.2, 0) is 6.42 Å². The molecule has 0 aliphatic rings. The maximum atomic E-state index is 12.3. The molecule has 3 N–H and O–H groups in total. The average molecular weight is 391 g/mol. The first-order valence-corrected chi connectivity index (χ1v) is 8.62. The molecule has 29 heavy (non-hydrogen) atoms. The lowest BCUT2D eigenvalue weighted by molar-refractivity contribution is -0.386. The summed E-state index contributed by atoms with van der Waals surface area (Å²) in [6, 6.07) is 19.9. The minimum Gasteiger partial charge on any atom is -0.504 e. The molecule has 0 heterocycles. The zero-order valence-corrected chi connectivity index (χ0v) is 15.1. The second-order valence-electron chi connectivity index (χ2n) is 6.15. The van der Waals surface area contributed by atoms with Crippen molar-refractivity contribution < 1.29 is 19.9 Å². The fraction of sp³-hybridized carbons (Fsp3) is 0.0476. The Balaban J connectivity index is 1.99. The molecule has 0 bridgehead atoms. The molecule has 0 saturated carbocycles. The number of hydrogen-bond donors (Lipinski definition) is 3. The predicted octanol–water partition coefficient (Wildman–Crippen LogP) is 3.38. The van der Waals surface area contributed by atoms with E-state index in [0.29, 0.717) is 5.56 Å². The van der Waals surface area contributed by atoms with Crippen LogP contribution in [0.25, 0.3) is 0 Å². The summed E-state index contributed by atoms with van der Waals surface area (Å²) in [5, 5.41) is 35.0. The molecule has 0 radical (unpaired) electrons. The van der Waals surface area contributed by atoms with Crippen LogP contribution in [0.2, 0.25) is 0 Å². The number of phenolic OH excluding ortho intramolecular Hbond substituents is 2. The zero-order chi connectivity index (χ0) is 20.8. The van der Waals surface area contributed by atoms with Gasteiger partial charge in [0.2, 0.25) is 5.75 Å². The molecule has 1 amide bonds. The van der Waals surface area contributed by atoms with E-state index in [0.717, 1.165) is 11.6 Å². The number of rotatable bonds is 6. The summed E-state index contributed by atoms with van der Waals surface area (Å²) < 4.78 is 0. The van der Waals surface area contributed by atoms with Gasteiger partial charge < -0.3 is 10.2 Å². The van der Waals surface area contributed by atoms with Crippen molar-refractivity contribution in [3.63, 3.8) is 0 Å². The van der Waals surface area contributed by atoms with E-state index < -0.39 is 28.0 Å². The lowest BCUT2D eigenvalue weighted by Gasteiger charge is -2.10. The number of nitro groups is 1. The van der Waals surface area contributed by atoms with Crippen LogP contribution >= 0.6 is 0 Å². The van der Waals surface area contributed by atoms with Crippen molar-refractivity contribution >= 4 is 17.3 Å². The third-order valence-corrected chi connectivity index (χ3v) is 4.14. The van der Waals surface area contributed by atoms with Crippen molar-refractivity contribution in [3.8, 4) is 11.5 Å². The maximum absolute atomic E-state index is 12.3. The van der Waals surface area contributed by atoms with Crippen LogP contribution < -0.4 is 5.43 Å². The predicted molar refractivity (Wildman–Crippen MR) is 107 cm³/mol. The van der Waals surface area contributed by atoms with Crippen molar-refractivity contribution in [1.82, 2.24) is 5.43 Å². The molecule has 0 aliphatic carbocycles. The van der Waals surface area contributed by atoms with Crippen molar-refractivity contribution in [3.05, 3.63) is 99.6 Å². The number of carbonyl (C=O) groups excluding carboxylic acids is 1. The maximum Gasteiger partial charge on any atom is 0.315 e. The van der Waals surface area contributed by atoms with Crippen LogP contribution in [0.15, 0.2) is 77.9 Å². The molecule has 3 aromatic carbocycles. The molecular weight excluding hydrogens is 374 g/mol. The first-order chi connectivity index (χ1) is 14.0. The lowest BCUT2D eigenvalue weighted by atomic mass is 10.0. The van der Waals surface area contributed by atoms with Crippen molar-refractivity contribution in [1.29, 1.82) is 0 Å². The second kappa shape index (κ2) is 8.66. The standard InChI is InChI=1S/C21H17N3O5/c25-19-13-16(12-18(20(19)26)24(28)29)17(11-14-7-3-1-4-8-14)22-23-21(27)15-9-5-2-6-10-15/h1-10,12-13,25-26H,11H2,(H,23,27)/b22-17+. The van der Waals surface area contributed by atoms with Gasteiger partial charge >= 0.3 is 5.69 Å². The first-order valence-electron chi connectivity index (χ1n) is 8.62. The molecule has 0 aliphatic heterocycles. The van der Waals surface area contributed by atoms with Crippen LogP contribution in [0.3, 0.4) is 0 Å². The molecule has 8 heteroatoms. The number of nitro benzene ring substituents is 1. The molecule has 8 nitrogen and oxygen atoms in total. The van der Waals surface area contributed by atoms with E-state index in [4.69, 9.17) is 0 Å². The molecule has 146 valence electrons. The van der Waals surface area contributed by atoms with Gasteiger partial charge in [0, 0.05) is 23.6 Å². The Kier molecular flexibility index (Phi) is 5.84. The second-order valence-corrected chi connectivity index (χ2v) is 6.15. The minimum absolute atomic E-state index is 0.198. The van der Waals surface area contributed by atoms with E-state index >= 15 is 0 Å². The SMILES string of the molecule is O=C(N/N=C(\Cc1ccccc1)c1cc(O)c(O)c([N+](=O)[O-])c1)c1ccccc1. The summed E-state index contributed by atoms with van der Waals surface area (Å²) in [6.07, 6.45) is 0.233. The Morgan fingerprint density at radius 2 is 1.59 bits per heavy atom. The number of carbonyl (C=O) groups is 1. The summed E-state index contributed by atoms with van der Waals surface area (Å²) in [4.78, 5) is 22.7. The third kappa shape index (κ3) is 4.75. The van der Waals surface area contributed by atoms with Gasteiger partial charge in [0.15, 0.2) is 5.75 Å². The third-order valence-electron chi connectivity index (χ3n) is 4.14. The highest BCUT2D eigenvalue weighted by molar-refractivity contribution is 6.04. The van der Waals surface area contributed by atoms with E-state index in [1.807, 2.05) is 30.3 Å². The molecule has 3 rings (SSSR count). The van der Waals surface area contributed by atoms with E-state index in [1.54, 1.807) is 30.3 Å². The monoisotopic (exact) mass is 391 g/mol. The molecular formula is C21H17N3O5. The van der Waals surface area contributed by atoms with Gasteiger partial charge in [0.25, 0.3) is 5.91 Å². The normalized spacial score (nSPS) is 11.1. The quantitative estimate of drug-likeness (QED) is 0.257. The number of benzene rings is 3. The van der Waals surface area contributed by atoms with Gasteiger partial charge in [-0.1, -0.05) is 48.5 Å². The van der Waals surface area contributed by atoms with E-state index in [1.165, 1.54) is 6.07 Å². The summed E-state index contributed by atoms with van der Waals surface area (Å²) in [6.45, 7) is 0. The van der Waals surface area contributed by atoms with Gasteiger partial charge in [-0.25, -0.2) is 5.43 Å². The summed E-state index contributed by atoms with van der Waals surface area (Å²) in [5.41, 5.74) is 3.49. The Morgan fingerprint density at radius 1 is 0.966 bits per heavy atom. The smallest absolute Gasteiger partial charge is 0.315 e.